The number of hydrogen-bond acceptors (Lipinski definition) is 1. The van der Waals surface area contributed by atoms with Gasteiger partial charge in [-0.1, -0.05) is 13.0 Å². The summed E-state index contributed by atoms with van der Waals surface area (Å²) in [6.45, 7) is 2.03. The molecule has 1 aromatic carbocycles. The van der Waals surface area contributed by atoms with Crippen LogP contribution in [0.25, 0.3) is 0 Å². The molecule has 0 aromatic heterocycles. The van der Waals surface area contributed by atoms with Crippen molar-refractivity contribution in [3.63, 3.8) is 0 Å². The van der Waals surface area contributed by atoms with Gasteiger partial charge in [-0.15, -0.1) is 11.6 Å². The van der Waals surface area contributed by atoms with Crippen molar-refractivity contribution in [1.82, 2.24) is 0 Å². The number of rotatable bonds is 5. The van der Waals surface area contributed by atoms with Crippen molar-refractivity contribution in [3.8, 4) is 5.75 Å². The molecule has 1 nitrogen and oxygen atoms in total. The molecule has 1 atom stereocenters. The second-order valence-electron chi connectivity index (χ2n) is 3.50. The van der Waals surface area contributed by atoms with Crippen molar-refractivity contribution in [1.29, 1.82) is 0 Å². The molecule has 84 valence electrons. The first-order valence-corrected chi connectivity index (χ1v) is 5.57. The van der Waals surface area contributed by atoms with E-state index in [-0.39, 0.29) is 11.2 Å². The van der Waals surface area contributed by atoms with Crippen LogP contribution in [0.5, 0.6) is 5.75 Å². The maximum atomic E-state index is 13.5. The summed E-state index contributed by atoms with van der Waals surface area (Å²) >= 11 is 5.98. The van der Waals surface area contributed by atoms with Crippen LogP contribution in [0, 0.1) is 5.82 Å². The molecule has 15 heavy (non-hydrogen) atoms. The van der Waals surface area contributed by atoms with Gasteiger partial charge in [0.05, 0.1) is 7.11 Å². The van der Waals surface area contributed by atoms with Crippen molar-refractivity contribution in [3.05, 3.63) is 29.6 Å². The third kappa shape index (κ3) is 3.71. The molecular weight excluding hydrogens is 215 g/mol. The molecule has 0 heterocycles. The van der Waals surface area contributed by atoms with Crippen molar-refractivity contribution < 1.29 is 9.13 Å². The van der Waals surface area contributed by atoms with Gasteiger partial charge < -0.3 is 4.74 Å². The van der Waals surface area contributed by atoms with Crippen LogP contribution in [-0.2, 0) is 6.42 Å². The highest BCUT2D eigenvalue weighted by Gasteiger charge is 2.07. The third-order valence-electron chi connectivity index (χ3n) is 2.43. The van der Waals surface area contributed by atoms with Crippen molar-refractivity contribution in [2.45, 2.75) is 31.6 Å². The number of hydrogen-bond donors (Lipinski definition) is 0. The Balaban J connectivity index is 2.62. The predicted octanol–water partition coefficient (Wildman–Crippen LogP) is 3.78. The summed E-state index contributed by atoms with van der Waals surface area (Å²) in [6, 6.07) is 4.94. The summed E-state index contributed by atoms with van der Waals surface area (Å²) in [7, 11) is 1.53. The van der Waals surface area contributed by atoms with E-state index in [0.29, 0.717) is 17.7 Å². The topological polar surface area (TPSA) is 9.23 Å². The summed E-state index contributed by atoms with van der Waals surface area (Å²) in [5.41, 5.74) is 0.704. The van der Waals surface area contributed by atoms with E-state index in [1.165, 1.54) is 13.2 Å². The Labute approximate surface area is 95.2 Å². The van der Waals surface area contributed by atoms with E-state index in [1.54, 1.807) is 12.1 Å². The molecule has 0 bridgehead atoms. The lowest BCUT2D eigenvalue weighted by Gasteiger charge is -2.08. The fourth-order valence-corrected chi connectivity index (χ4v) is 1.48. The minimum atomic E-state index is -0.214. The van der Waals surface area contributed by atoms with Gasteiger partial charge in [0.15, 0.2) is 0 Å². The lowest BCUT2D eigenvalue weighted by Crippen LogP contribution is -2.00. The molecule has 1 unspecified atom stereocenters. The maximum absolute atomic E-state index is 13.5. The highest BCUT2D eigenvalue weighted by atomic mass is 35.5. The zero-order valence-electron chi connectivity index (χ0n) is 9.09. The van der Waals surface area contributed by atoms with E-state index < -0.39 is 0 Å². The monoisotopic (exact) mass is 230 g/mol. The second-order valence-corrected chi connectivity index (χ2v) is 4.12. The predicted molar refractivity (Wildman–Crippen MR) is 61.2 cm³/mol. The van der Waals surface area contributed by atoms with E-state index in [2.05, 4.69) is 0 Å². The molecule has 0 aliphatic carbocycles. The average Bonchev–Trinajstić information content (AvgIpc) is 2.26. The Morgan fingerprint density at radius 1 is 1.47 bits per heavy atom. The number of aryl methyl sites for hydroxylation is 1. The van der Waals surface area contributed by atoms with Crippen molar-refractivity contribution in [2.75, 3.05) is 7.11 Å². The van der Waals surface area contributed by atoms with Gasteiger partial charge in [0.25, 0.3) is 0 Å². The molecule has 0 aliphatic heterocycles. The molecule has 0 aliphatic rings. The number of alkyl halides is 1. The van der Waals surface area contributed by atoms with Gasteiger partial charge >= 0.3 is 0 Å². The molecule has 0 saturated heterocycles. The van der Waals surface area contributed by atoms with Crippen LogP contribution in [-0.4, -0.2) is 12.5 Å². The number of benzene rings is 1. The summed E-state index contributed by atoms with van der Waals surface area (Å²) in [4.78, 5) is 0. The van der Waals surface area contributed by atoms with Gasteiger partial charge in [0, 0.05) is 11.4 Å². The number of halogens is 2. The molecule has 0 fully saturated rings. The highest BCUT2D eigenvalue weighted by Crippen LogP contribution is 2.19. The van der Waals surface area contributed by atoms with Gasteiger partial charge in [0.2, 0.25) is 0 Å². The first-order valence-electron chi connectivity index (χ1n) is 5.13. The fourth-order valence-electron chi connectivity index (χ4n) is 1.37. The van der Waals surface area contributed by atoms with Gasteiger partial charge in [-0.05, 0) is 30.9 Å². The fraction of sp³-hybridized carbons (Fsp3) is 0.500. The van der Waals surface area contributed by atoms with Gasteiger partial charge in [-0.3, -0.25) is 0 Å². The smallest absolute Gasteiger partial charge is 0.130 e. The van der Waals surface area contributed by atoms with E-state index >= 15 is 0 Å². The summed E-state index contributed by atoms with van der Waals surface area (Å²) in [5.74, 6) is 0.337. The van der Waals surface area contributed by atoms with E-state index in [4.69, 9.17) is 16.3 Å². The molecule has 0 amide bonds. The number of ether oxygens (including phenoxy) is 1. The largest absolute Gasteiger partial charge is 0.497 e. The third-order valence-corrected chi connectivity index (χ3v) is 2.96. The zero-order valence-corrected chi connectivity index (χ0v) is 9.85. The molecular formula is C12H16ClFO. The molecule has 0 radical (unpaired) electrons. The lowest BCUT2D eigenvalue weighted by atomic mass is 10.1. The highest BCUT2D eigenvalue weighted by molar-refractivity contribution is 6.20. The van der Waals surface area contributed by atoms with Crippen molar-refractivity contribution >= 4 is 11.6 Å². The minimum Gasteiger partial charge on any atom is -0.497 e. The molecule has 3 heteroatoms. The first-order chi connectivity index (χ1) is 7.17. The molecule has 0 N–H and O–H groups in total. The standard InChI is InChI=1S/C12H16ClFO/c1-3-10(13)6-4-9-5-7-11(15-2)8-12(9)14/h5,7-8,10H,3-4,6H2,1-2H3. The summed E-state index contributed by atoms with van der Waals surface area (Å²) in [5, 5.41) is 0.131. The normalized spacial score (nSPS) is 12.5. The quantitative estimate of drug-likeness (QED) is 0.700. The van der Waals surface area contributed by atoms with Gasteiger partial charge in [-0.25, -0.2) is 4.39 Å². The van der Waals surface area contributed by atoms with Crippen LogP contribution in [0.15, 0.2) is 18.2 Å². The Hall–Kier alpha value is -0.760. The van der Waals surface area contributed by atoms with Crippen LogP contribution in [0.2, 0.25) is 0 Å². The summed E-state index contributed by atoms with van der Waals surface area (Å²) in [6.07, 6.45) is 2.40. The lowest BCUT2D eigenvalue weighted by molar-refractivity contribution is 0.410. The first kappa shape index (κ1) is 12.3. The maximum Gasteiger partial charge on any atom is 0.130 e. The van der Waals surface area contributed by atoms with Crippen LogP contribution in [0.4, 0.5) is 4.39 Å². The second kappa shape index (κ2) is 5.96. The van der Waals surface area contributed by atoms with E-state index in [1.807, 2.05) is 6.92 Å². The van der Waals surface area contributed by atoms with Crippen LogP contribution in [0.1, 0.15) is 25.3 Å². The Bertz CT molecular complexity index is 314. The Morgan fingerprint density at radius 2 is 2.20 bits per heavy atom. The van der Waals surface area contributed by atoms with Crippen molar-refractivity contribution in [2.24, 2.45) is 0 Å². The average molecular weight is 231 g/mol. The van der Waals surface area contributed by atoms with Gasteiger partial charge in [-0.2, -0.15) is 0 Å². The minimum absolute atomic E-state index is 0.131. The Morgan fingerprint density at radius 3 is 2.73 bits per heavy atom. The summed E-state index contributed by atoms with van der Waals surface area (Å²) < 4.78 is 18.4. The van der Waals surface area contributed by atoms with E-state index in [0.717, 1.165) is 12.8 Å². The van der Waals surface area contributed by atoms with Crippen LogP contribution >= 0.6 is 11.6 Å². The van der Waals surface area contributed by atoms with Crippen LogP contribution in [0.3, 0.4) is 0 Å². The Kier molecular flexibility index (Phi) is 4.89. The van der Waals surface area contributed by atoms with Gasteiger partial charge in [0.1, 0.15) is 11.6 Å². The van der Waals surface area contributed by atoms with Crippen LogP contribution < -0.4 is 4.74 Å². The van der Waals surface area contributed by atoms with E-state index in [9.17, 15) is 4.39 Å². The SMILES string of the molecule is CCC(Cl)CCc1ccc(OC)cc1F. The molecule has 0 spiro atoms. The molecule has 1 aromatic rings. The zero-order chi connectivity index (χ0) is 11.3. The molecule has 1 rings (SSSR count). The molecule has 0 saturated carbocycles. The number of methoxy groups -OCH3 is 1.